The summed E-state index contributed by atoms with van der Waals surface area (Å²) in [5, 5.41) is 11.8. The summed E-state index contributed by atoms with van der Waals surface area (Å²) in [7, 11) is 0. The third-order valence-electron chi connectivity index (χ3n) is 5.47. The second-order valence-corrected chi connectivity index (χ2v) is 8.36. The number of rotatable bonds is 8. The molecule has 35 heavy (non-hydrogen) atoms. The van der Waals surface area contributed by atoms with Crippen molar-refractivity contribution in [2.75, 3.05) is 6.54 Å². The van der Waals surface area contributed by atoms with Crippen molar-refractivity contribution < 1.29 is 9.32 Å². The highest BCUT2D eigenvalue weighted by atomic mass is 35.5. The summed E-state index contributed by atoms with van der Waals surface area (Å²) in [5.74, 6) is 0.311. The number of pyridine rings is 1. The van der Waals surface area contributed by atoms with E-state index in [9.17, 15) is 9.59 Å². The summed E-state index contributed by atoms with van der Waals surface area (Å²) in [5.41, 5.74) is 2.33. The van der Waals surface area contributed by atoms with Gasteiger partial charge in [-0.3, -0.25) is 4.79 Å². The highest BCUT2D eigenvalue weighted by Gasteiger charge is 2.18. The zero-order chi connectivity index (χ0) is 24.2. The number of halogens is 1. The van der Waals surface area contributed by atoms with Crippen LogP contribution >= 0.6 is 11.6 Å². The van der Waals surface area contributed by atoms with E-state index in [0.29, 0.717) is 28.6 Å². The van der Waals surface area contributed by atoms with E-state index < -0.39 is 5.69 Å². The minimum Gasteiger partial charge on any atom is -0.354 e. The van der Waals surface area contributed by atoms with Gasteiger partial charge in [-0.15, -0.1) is 5.10 Å². The van der Waals surface area contributed by atoms with Gasteiger partial charge in [0.05, 0.1) is 5.56 Å². The molecule has 1 amide bonds. The van der Waals surface area contributed by atoms with Crippen molar-refractivity contribution in [3.05, 3.63) is 94.0 Å². The maximum Gasteiger partial charge on any atom is 0.350 e. The average Bonchev–Trinajstić information content (AvgIpc) is 3.48. The predicted molar refractivity (Wildman–Crippen MR) is 131 cm³/mol. The predicted octanol–water partition coefficient (Wildman–Crippen LogP) is 3.62. The monoisotopic (exact) mass is 488 g/mol. The quantitative estimate of drug-likeness (QED) is 0.334. The molecule has 5 aromatic rings. The molecule has 10 heteroatoms. The van der Waals surface area contributed by atoms with E-state index in [2.05, 4.69) is 32.7 Å². The number of amides is 1. The van der Waals surface area contributed by atoms with E-state index >= 15 is 0 Å². The zero-order valence-corrected chi connectivity index (χ0v) is 19.4. The van der Waals surface area contributed by atoms with Crippen molar-refractivity contribution in [1.82, 2.24) is 29.6 Å². The first-order valence-corrected chi connectivity index (χ1v) is 11.4. The third-order valence-corrected chi connectivity index (χ3v) is 5.72. The number of nitrogens with one attached hydrogen (secondary N) is 1. The number of aromatic nitrogens is 5. The molecule has 2 aromatic carbocycles. The van der Waals surface area contributed by atoms with Crippen molar-refractivity contribution in [2.45, 2.75) is 19.4 Å². The smallest absolute Gasteiger partial charge is 0.350 e. The fourth-order valence-corrected chi connectivity index (χ4v) is 3.84. The first kappa shape index (κ1) is 22.5. The fraction of sp³-hybridized carbons (Fsp3) is 0.160. The lowest BCUT2D eigenvalue weighted by Gasteiger charge is -2.05. The Bertz CT molecular complexity index is 1520. The average molecular weight is 489 g/mol. The van der Waals surface area contributed by atoms with Gasteiger partial charge in [-0.25, -0.2) is 13.9 Å². The van der Waals surface area contributed by atoms with E-state index in [1.54, 1.807) is 42.6 Å². The second kappa shape index (κ2) is 9.94. The Hall–Kier alpha value is -4.24. The molecule has 176 valence electrons. The molecule has 0 radical (unpaired) electrons. The summed E-state index contributed by atoms with van der Waals surface area (Å²) < 4.78 is 7.92. The van der Waals surface area contributed by atoms with E-state index in [1.165, 1.54) is 9.96 Å². The highest BCUT2D eigenvalue weighted by molar-refractivity contribution is 6.30. The number of nitrogens with zero attached hydrogens (tertiary/aromatic N) is 5. The first-order valence-electron chi connectivity index (χ1n) is 11.1. The normalized spacial score (nSPS) is 11.1. The van der Waals surface area contributed by atoms with Gasteiger partial charge >= 0.3 is 5.69 Å². The molecule has 0 saturated carbocycles. The maximum absolute atomic E-state index is 12.8. The fourth-order valence-electron chi connectivity index (χ4n) is 3.71. The van der Waals surface area contributed by atoms with Crippen LogP contribution in [0.3, 0.4) is 0 Å². The topological polar surface area (TPSA) is 107 Å². The van der Waals surface area contributed by atoms with Crippen LogP contribution in [0.1, 0.15) is 12.0 Å². The molecule has 1 N–H and O–H groups in total. The van der Waals surface area contributed by atoms with Gasteiger partial charge < -0.3 is 9.84 Å². The van der Waals surface area contributed by atoms with Crippen LogP contribution in [-0.4, -0.2) is 36.8 Å². The molecule has 0 spiro atoms. The van der Waals surface area contributed by atoms with Gasteiger partial charge in [-0.1, -0.05) is 47.1 Å². The second-order valence-electron chi connectivity index (χ2n) is 7.92. The molecule has 0 saturated heterocycles. The van der Waals surface area contributed by atoms with Crippen molar-refractivity contribution in [3.63, 3.8) is 0 Å². The molecular weight excluding hydrogens is 468 g/mol. The van der Waals surface area contributed by atoms with Gasteiger partial charge in [0.25, 0.3) is 5.89 Å². The molecular formula is C25H21ClN6O3. The van der Waals surface area contributed by atoms with Gasteiger partial charge in [0.15, 0.2) is 5.65 Å². The zero-order valence-electron chi connectivity index (χ0n) is 18.6. The lowest BCUT2D eigenvalue weighted by Crippen LogP contribution is -2.33. The molecule has 0 aliphatic heterocycles. The molecule has 0 aliphatic rings. The Morgan fingerprint density at radius 1 is 1.03 bits per heavy atom. The molecule has 0 bridgehead atoms. The van der Waals surface area contributed by atoms with Crippen molar-refractivity contribution in [2.24, 2.45) is 0 Å². The lowest BCUT2D eigenvalue weighted by molar-refractivity contribution is -0.121. The van der Waals surface area contributed by atoms with Crippen LogP contribution in [0.25, 0.3) is 28.5 Å². The van der Waals surface area contributed by atoms with Gasteiger partial charge in [0.2, 0.25) is 11.7 Å². The van der Waals surface area contributed by atoms with E-state index in [4.69, 9.17) is 16.1 Å². The lowest BCUT2D eigenvalue weighted by atomic mass is 10.1. The van der Waals surface area contributed by atoms with Crippen LogP contribution < -0.4 is 11.0 Å². The molecule has 0 atom stereocenters. The molecule has 3 heterocycles. The first-order chi connectivity index (χ1) is 17.1. The standard InChI is InChI=1S/C25H21ClN6O3/c26-19-12-10-18(11-13-19)22-28-24(35-30-22)20-9-5-15-31-23(20)29-32(25(31)34)16-21(33)27-14-4-8-17-6-2-1-3-7-17/h1-3,5-7,9-13,15H,4,8,14,16H2,(H,27,33). The summed E-state index contributed by atoms with van der Waals surface area (Å²) in [6.07, 6.45) is 3.24. The summed E-state index contributed by atoms with van der Waals surface area (Å²) >= 11 is 5.94. The van der Waals surface area contributed by atoms with Crippen LogP contribution in [0.4, 0.5) is 0 Å². The number of fused-ring (bicyclic) bond motifs is 1. The van der Waals surface area contributed by atoms with Gasteiger partial charge in [-0.2, -0.15) is 4.98 Å². The minimum atomic E-state index is -0.432. The van der Waals surface area contributed by atoms with E-state index in [-0.39, 0.29) is 18.3 Å². The number of aryl methyl sites for hydroxylation is 1. The summed E-state index contributed by atoms with van der Waals surface area (Å²) in [6.45, 7) is 0.321. The minimum absolute atomic E-state index is 0.189. The van der Waals surface area contributed by atoms with E-state index in [1.807, 2.05) is 18.2 Å². The molecule has 9 nitrogen and oxygen atoms in total. The number of hydrogen-bond donors (Lipinski definition) is 1. The molecule has 0 unspecified atom stereocenters. The SMILES string of the molecule is O=C(Cn1nc2c(-c3nc(-c4ccc(Cl)cc4)no3)cccn2c1=O)NCCCc1ccccc1. The summed E-state index contributed by atoms with van der Waals surface area (Å²) in [6, 6.07) is 20.5. The van der Waals surface area contributed by atoms with Gasteiger partial charge in [0, 0.05) is 23.3 Å². The molecule has 0 fully saturated rings. The Balaban J connectivity index is 1.30. The Labute approximate surface area is 205 Å². The van der Waals surface area contributed by atoms with Crippen LogP contribution in [0.5, 0.6) is 0 Å². The number of hydrogen-bond acceptors (Lipinski definition) is 6. The van der Waals surface area contributed by atoms with Crippen LogP contribution in [0.2, 0.25) is 5.02 Å². The van der Waals surface area contributed by atoms with Crippen LogP contribution in [0, 0.1) is 0 Å². The Morgan fingerprint density at radius 3 is 2.63 bits per heavy atom. The van der Waals surface area contributed by atoms with Crippen molar-refractivity contribution in [3.8, 4) is 22.8 Å². The largest absolute Gasteiger partial charge is 0.354 e. The van der Waals surface area contributed by atoms with Crippen molar-refractivity contribution in [1.29, 1.82) is 0 Å². The van der Waals surface area contributed by atoms with Gasteiger partial charge in [0.1, 0.15) is 6.54 Å². The van der Waals surface area contributed by atoms with E-state index in [0.717, 1.165) is 23.1 Å². The number of benzene rings is 2. The molecule has 0 aliphatic carbocycles. The van der Waals surface area contributed by atoms with Crippen molar-refractivity contribution >= 4 is 23.2 Å². The molecule has 3 aromatic heterocycles. The Kier molecular flexibility index (Phi) is 6.40. The number of carbonyl (C=O) groups excluding carboxylic acids is 1. The third kappa shape index (κ3) is 4.99. The maximum atomic E-state index is 12.8. The summed E-state index contributed by atoms with van der Waals surface area (Å²) in [4.78, 5) is 29.7. The molecule has 5 rings (SSSR count). The van der Waals surface area contributed by atoms with Crippen LogP contribution in [0.15, 0.2) is 82.2 Å². The van der Waals surface area contributed by atoms with Crippen LogP contribution in [-0.2, 0) is 17.8 Å². The highest BCUT2D eigenvalue weighted by Crippen LogP contribution is 2.25. The number of carbonyl (C=O) groups is 1. The Morgan fingerprint density at radius 2 is 1.83 bits per heavy atom. The van der Waals surface area contributed by atoms with Gasteiger partial charge in [-0.05, 0) is 54.8 Å².